The Kier molecular flexibility index (Phi) is 3.19. The van der Waals surface area contributed by atoms with Gasteiger partial charge in [0.05, 0.1) is 10.5 Å². The van der Waals surface area contributed by atoms with E-state index in [9.17, 15) is 10.1 Å². The Morgan fingerprint density at radius 1 is 1.50 bits per heavy atom. The van der Waals surface area contributed by atoms with Crippen molar-refractivity contribution in [1.29, 1.82) is 0 Å². The van der Waals surface area contributed by atoms with Crippen molar-refractivity contribution in [2.45, 2.75) is 0 Å². The van der Waals surface area contributed by atoms with E-state index in [-0.39, 0.29) is 11.4 Å². The van der Waals surface area contributed by atoms with Crippen molar-refractivity contribution in [1.82, 2.24) is 0 Å². The Bertz CT molecular complexity index is 374. The normalized spacial score (nSPS) is 10.6. The maximum atomic E-state index is 10.7. The van der Waals surface area contributed by atoms with Gasteiger partial charge in [-0.2, -0.15) is 0 Å². The van der Waals surface area contributed by atoms with E-state index in [0.717, 1.165) is 0 Å². The van der Waals surface area contributed by atoms with Crippen molar-refractivity contribution in [3.63, 3.8) is 0 Å². The molecular formula is C9H11N3O2. The Morgan fingerprint density at radius 2 is 2.21 bits per heavy atom. The summed E-state index contributed by atoms with van der Waals surface area (Å²) in [5.74, 6) is 0. The highest BCUT2D eigenvalue weighted by molar-refractivity contribution is 5.71. The third kappa shape index (κ3) is 2.08. The van der Waals surface area contributed by atoms with Gasteiger partial charge in [-0.1, -0.05) is 18.2 Å². The third-order valence-electron chi connectivity index (χ3n) is 1.71. The maximum absolute atomic E-state index is 10.7. The number of benzene rings is 1. The molecule has 74 valence electrons. The van der Waals surface area contributed by atoms with Gasteiger partial charge >= 0.3 is 0 Å². The predicted octanol–water partition coefficient (Wildman–Crippen LogP) is 1.15. The lowest BCUT2D eigenvalue weighted by Gasteiger charge is -1.99. The fourth-order valence-corrected chi connectivity index (χ4v) is 1.12. The minimum absolute atomic E-state index is 0.0720. The van der Waals surface area contributed by atoms with Gasteiger partial charge in [0.15, 0.2) is 0 Å². The molecule has 14 heavy (non-hydrogen) atoms. The van der Waals surface area contributed by atoms with Gasteiger partial charge in [0.25, 0.3) is 5.69 Å². The Balaban J connectivity index is 3.21. The quantitative estimate of drug-likeness (QED) is 0.427. The van der Waals surface area contributed by atoms with Crippen LogP contribution < -0.4 is 11.5 Å². The number of para-hydroxylation sites is 1. The standard InChI is InChI=1S/C9H11N3O2/c10-6-2-4-7-3-1-5-8(11)9(7)12(13)14/h1-5H,6,10-11H2. The van der Waals surface area contributed by atoms with E-state index in [1.165, 1.54) is 6.07 Å². The number of nitro groups is 1. The second kappa shape index (κ2) is 4.38. The van der Waals surface area contributed by atoms with Crippen molar-refractivity contribution < 1.29 is 4.92 Å². The smallest absolute Gasteiger partial charge is 0.299 e. The van der Waals surface area contributed by atoms with Crippen LogP contribution in [-0.4, -0.2) is 11.5 Å². The van der Waals surface area contributed by atoms with Crippen LogP contribution in [-0.2, 0) is 0 Å². The molecule has 0 unspecified atom stereocenters. The van der Waals surface area contributed by atoms with Crippen LogP contribution in [0.1, 0.15) is 5.56 Å². The first-order chi connectivity index (χ1) is 6.66. The zero-order chi connectivity index (χ0) is 10.6. The summed E-state index contributed by atoms with van der Waals surface area (Å²) in [7, 11) is 0. The molecule has 0 aliphatic heterocycles. The highest BCUT2D eigenvalue weighted by atomic mass is 16.6. The first kappa shape index (κ1) is 10.2. The fourth-order valence-electron chi connectivity index (χ4n) is 1.12. The number of nitrogens with zero attached hydrogens (tertiary/aromatic N) is 1. The highest BCUT2D eigenvalue weighted by Gasteiger charge is 2.14. The molecular weight excluding hydrogens is 182 g/mol. The molecule has 0 aromatic heterocycles. The summed E-state index contributed by atoms with van der Waals surface area (Å²) in [6, 6.07) is 4.79. The summed E-state index contributed by atoms with van der Waals surface area (Å²) in [6.45, 7) is 0.339. The topological polar surface area (TPSA) is 95.2 Å². The highest BCUT2D eigenvalue weighted by Crippen LogP contribution is 2.26. The lowest BCUT2D eigenvalue weighted by atomic mass is 10.1. The van der Waals surface area contributed by atoms with Crippen molar-refractivity contribution in [3.05, 3.63) is 40.0 Å². The van der Waals surface area contributed by atoms with E-state index in [1.54, 1.807) is 24.3 Å². The van der Waals surface area contributed by atoms with Crippen LogP contribution >= 0.6 is 0 Å². The number of hydrogen-bond donors (Lipinski definition) is 2. The van der Waals surface area contributed by atoms with Crippen molar-refractivity contribution in [2.75, 3.05) is 12.3 Å². The third-order valence-corrected chi connectivity index (χ3v) is 1.71. The molecule has 5 nitrogen and oxygen atoms in total. The molecule has 1 aromatic carbocycles. The molecule has 0 atom stereocenters. The van der Waals surface area contributed by atoms with Gasteiger partial charge < -0.3 is 11.5 Å². The molecule has 4 N–H and O–H groups in total. The van der Waals surface area contributed by atoms with Crippen LogP contribution in [0.4, 0.5) is 11.4 Å². The molecule has 0 fully saturated rings. The van der Waals surface area contributed by atoms with E-state index < -0.39 is 4.92 Å². The van der Waals surface area contributed by atoms with Crippen LogP contribution in [0.25, 0.3) is 6.08 Å². The SMILES string of the molecule is NCC=Cc1cccc(N)c1[N+](=O)[O-]. The Morgan fingerprint density at radius 3 is 2.79 bits per heavy atom. The molecule has 0 amide bonds. The Hall–Kier alpha value is -1.88. The number of rotatable bonds is 3. The van der Waals surface area contributed by atoms with Gasteiger partial charge in [0.2, 0.25) is 0 Å². The van der Waals surface area contributed by atoms with E-state index in [2.05, 4.69) is 0 Å². The van der Waals surface area contributed by atoms with Crippen LogP contribution in [0.3, 0.4) is 0 Å². The molecule has 1 aromatic rings. The summed E-state index contributed by atoms with van der Waals surface area (Å²) < 4.78 is 0. The second-order valence-corrected chi connectivity index (χ2v) is 2.68. The van der Waals surface area contributed by atoms with Crippen molar-refractivity contribution in [2.24, 2.45) is 5.73 Å². The summed E-state index contributed by atoms with van der Waals surface area (Å²) in [4.78, 5) is 10.2. The number of anilines is 1. The van der Waals surface area contributed by atoms with Gasteiger partial charge in [-0.3, -0.25) is 10.1 Å². The van der Waals surface area contributed by atoms with E-state index in [0.29, 0.717) is 12.1 Å². The zero-order valence-corrected chi connectivity index (χ0v) is 7.51. The summed E-state index contributed by atoms with van der Waals surface area (Å²) in [5, 5.41) is 10.7. The molecule has 0 saturated carbocycles. The molecule has 5 heteroatoms. The average Bonchev–Trinajstić information content (AvgIpc) is 2.14. The number of nitrogen functional groups attached to an aromatic ring is 1. The van der Waals surface area contributed by atoms with E-state index >= 15 is 0 Å². The van der Waals surface area contributed by atoms with Gasteiger partial charge in [0.1, 0.15) is 5.69 Å². The van der Waals surface area contributed by atoms with Crippen LogP contribution in [0.2, 0.25) is 0 Å². The predicted molar refractivity (Wildman–Crippen MR) is 55.6 cm³/mol. The maximum Gasteiger partial charge on any atom is 0.299 e. The van der Waals surface area contributed by atoms with Crippen LogP contribution in [0, 0.1) is 10.1 Å². The molecule has 0 heterocycles. The van der Waals surface area contributed by atoms with E-state index in [1.807, 2.05) is 0 Å². The molecule has 0 radical (unpaired) electrons. The van der Waals surface area contributed by atoms with Crippen LogP contribution in [0.5, 0.6) is 0 Å². The van der Waals surface area contributed by atoms with Gasteiger partial charge in [0, 0.05) is 6.54 Å². The molecule has 0 aliphatic rings. The molecule has 0 bridgehead atoms. The lowest BCUT2D eigenvalue weighted by molar-refractivity contribution is -0.384. The van der Waals surface area contributed by atoms with Gasteiger partial charge in [-0.15, -0.1) is 0 Å². The second-order valence-electron chi connectivity index (χ2n) is 2.68. The summed E-state index contributed by atoms with van der Waals surface area (Å²) in [5.41, 5.74) is 11.3. The first-order valence-corrected chi connectivity index (χ1v) is 4.06. The Labute approximate surface area is 81.2 Å². The first-order valence-electron chi connectivity index (χ1n) is 4.06. The number of nitro benzene ring substituents is 1. The van der Waals surface area contributed by atoms with Crippen LogP contribution in [0.15, 0.2) is 24.3 Å². The molecule has 0 aliphatic carbocycles. The van der Waals surface area contributed by atoms with Crippen molar-refractivity contribution >= 4 is 17.5 Å². The minimum Gasteiger partial charge on any atom is -0.393 e. The van der Waals surface area contributed by atoms with E-state index in [4.69, 9.17) is 11.5 Å². The fraction of sp³-hybridized carbons (Fsp3) is 0.111. The lowest BCUT2D eigenvalue weighted by Crippen LogP contribution is -1.98. The van der Waals surface area contributed by atoms with Crippen molar-refractivity contribution in [3.8, 4) is 0 Å². The average molecular weight is 193 g/mol. The minimum atomic E-state index is -0.495. The number of nitrogens with two attached hydrogens (primary N) is 2. The molecule has 0 saturated heterocycles. The number of hydrogen-bond acceptors (Lipinski definition) is 4. The van der Waals surface area contributed by atoms with Gasteiger partial charge in [-0.25, -0.2) is 0 Å². The molecule has 1 rings (SSSR count). The summed E-state index contributed by atoms with van der Waals surface area (Å²) in [6.07, 6.45) is 3.23. The monoisotopic (exact) mass is 193 g/mol. The largest absolute Gasteiger partial charge is 0.393 e. The zero-order valence-electron chi connectivity index (χ0n) is 7.51. The molecule has 0 spiro atoms. The summed E-state index contributed by atoms with van der Waals surface area (Å²) >= 11 is 0. The van der Waals surface area contributed by atoms with Gasteiger partial charge in [-0.05, 0) is 12.1 Å².